The van der Waals surface area contributed by atoms with Crippen molar-refractivity contribution in [1.82, 2.24) is 0 Å². The molecule has 4 heteroatoms. The predicted molar refractivity (Wildman–Crippen MR) is 63.0 cm³/mol. The number of nitrogens with two attached hydrogens (primary N) is 1. The molecule has 86 valence electrons. The molecule has 1 aromatic rings. The highest BCUT2D eigenvalue weighted by atomic mass is 35.5. The quantitative estimate of drug-likeness (QED) is 0.727. The zero-order valence-corrected chi connectivity index (χ0v) is 9.45. The molecule has 0 heterocycles. The average Bonchev–Trinajstić information content (AvgIpc) is 2.25. The third kappa shape index (κ3) is 6.47. The van der Waals surface area contributed by atoms with Crippen molar-refractivity contribution in [1.29, 1.82) is 0 Å². The molecule has 1 rings (SSSR count). The highest BCUT2D eigenvalue weighted by Gasteiger charge is 1.99. The molecule has 0 radical (unpaired) electrons. The standard InChI is InChI=1S/C11H17NO2.ClH/c12-11(8-13)6-7-14-9-10-4-2-1-3-5-10;/h1-5,11,13H,6-9,12H2;1H. The third-order valence-corrected chi connectivity index (χ3v) is 1.98. The Bertz CT molecular complexity index is 244. The van der Waals surface area contributed by atoms with Crippen LogP contribution in [0.25, 0.3) is 0 Å². The number of halogens is 1. The van der Waals surface area contributed by atoms with Gasteiger partial charge in [0.25, 0.3) is 0 Å². The molecule has 0 aliphatic rings. The van der Waals surface area contributed by atoms with Gasteiger partial charge in [-0.05, 0) is 12.0 Å². The normalized spacial score (nSPS) is 11.9. The lowest BCUT2D eigenvalue weighted by atomic mass is 10.2. The van der Waals surface area contributed by atoms with Crippen molar-refractivity contribution in [3.05, 3.63) is 35.9 Å². The SMILES string of the molecule is Cl.NC(CO)CCOCc1ccccc1. The van der Waals surface area contributed by atoms with Crippen LogP contribution in [0.5, 0.6) is 0 Å². The van der Waals surface area contributed by atoms with E-state index in [1.165, 1.54) is 0 Å². The van der Waals surface area contributed by atoms with Crippen LogP contribution in [0.4, 0.5) is 0 Å². The van der Waals surface area contributed by atoms with E-state index in [0.717, 1.165) is 5.56 Å². The Morgan fingerprint density at radius 1 is 1.27 bits per heavy atom. The van der Waals surface area contributed by atoms with Gasteiger partial charge in [0, 0.05) is 12.6 Å². The first-order valence-electron chi connectivity index (χ1n) is 4.81. The van der Waals surface area contributed by atoms with E-state index in [-0.39, 0.29) is 25.1 Å². The maximum absolute atomic E-state index is 8.67. The van der Waals surface area contributed by atoms with Crippen molar-refractivity contribution in [3.63, 3.8) is 0 Å². The summed E-state index contributed by atoms with van der Waals surface area (Å²) >= 11 is 0. The van der Waals surface area contributed by atoms with Crippen molar-refractivity contribution >= 4 is 12.4 Å². The Labute approximate surface area is 96.7 Å². The molecule has 0 spiro atoms. The van der Waals surface area contributed by atoms with E-state index in [1.807, 2.05) is 30.3 Å². The van der Waals surface area contributed by atoms with Crippen LogP contribution in [-0.2, 0) is 11.3 Å². The topological polar surface area (TPSA) is 55.5 Å². The second-order valence-corrected chi connectivity index (χ2v) is 3.27. The summed E-state index contributed by atoms with van der Waals surface area (Å²) in [5, 5.41) is 8.67. The summed E-state index contributed by atoms with van der Waals surface area (Å²) in [6.45, 7) is 1.23. The fourth-order valence-electron chi connectivity index (χ4n) is 1.09. The zero-order valence-electron chi connectivity index (χ0n) is 8.63. The number of benzene rings is 1. The van der Waals surface area contributed by atoms with E-state index in [1.54, 1.807) is 0 Å². The smallest absolute Gasteiger partial charge is 0.0716 e. The van der Waals surface area contributed by atoms with Gasteiger partial charge in [-0.1, -0.05) is 30.3 Å². The second-order valence-electron chi connectivity index (χ2n) is 3.27. The minimum Gasteiger partial charge on any atom is -0.395 e. The maximum atomic E-state index is 8.67. The first kappa shape index (κ1) is 14.4. The van der Waals surface area contributed by atoms with Gasteiger partial charge < -0.3 is 15.6 Å². The number of hydrogen-bond donors (Lipinski definition) is 2. The lowest BCUT2D eigenvalue weighted by Crippen LogP contribution is -2.25. The molecule has 1 unspecified atom stereocenters. The molecule has 3 nitrogen and oxygen atoms in total. The van der Waals surface area contributed by atoms with Gasteiger partial charge in [0.1, 0.15) is 0 Å². The van der Waals surface area contributed by atoms with E-state index in [0.29, 0.717) is 19.6 Å². The summed E-state index contributed by atoms with van der Waals surface area (Å²) in [5.41, 5.74) is 6.68. The van der Waals surface area contributed by atoms with E-state index in [4.69, 9.17) is 15.6 Å². The molecule has 1 aromatic carbocycles. The molecule has 0 aliphatic heterocycles. The van der Waals surface area contributed by atoms with Crippen molar-refractivity contribution < 1.29 is 9.84 Å². The summed E-state index contributed by atoms with van der Waals surface area (Å²) in [6.07, 6.45) is 0.698. The molecule has 0 saturated carbocycles. The summed E-state index contributed by atoms with van der Waals surface area (Å²) in [6, 6.07) is 9.82. The van der Waals surface area contributed by atoms with Crippen molar-refractivity contribution in [2.45, 2.75) is 19.1 Å². The zero-order chi connectivity index (χ0) is 10.2. The van der Waals surface area contributed by atoms with Gasteiger partial charge in [-0.3, -0.25) is 0 Å². The number of ether oxygens (including phenoxy) is 1. The second kappa shape index (κ2) is 8.68. The van der Waals surface area contributed by atoms with Gasteiger partial charge in [0.2, 0.25) is 0 Å². The Morgan fingerprint density at radius 3 is 2.53 bits per heavy atom. The van der Waals surface area contributed by atoms with E-state index < -0.39 is 0 Å². The van der Waals surface area contributed by atoms with Crippen LogP contribution >= 0.6 is 12.4 Å². The molecule has 0 bridgehead atoms. The molecule has 3 N–H and O–H groups in total. The highest BCUT2D eigenvalue weighted by Crippen LogP contribution is 2.01. The molecule has 0 fully saturated rings. The van der Waals surface area contributed by atoms with Gasteiger partial charge in [0.15, 0.2) is 0 Å². The molecule has 0 saturated heterocycles. The maximum Gasteiger partial charge on any atom is 0.0716 e. The van der Waals surface area contributed by atoms with Crippen LogP contribution in [0.15, 0.2) is 30.3 Å². The average molecular weight is 232 g/mol. The minimum absolute atomic E-state index is 0. The fourth-order valence-corrected chi connectivity index (χ4v) is 1.09. The minimum atomic E-state index is -0.161. The van der Waals surface area contributed by atoms with Gasteiger partial charge >= 0.3 is 0 Å². The summed E-state index contributed by atoms with van der Waals surface area (Å²) in [7, 11) is 0. The van der Waals surface area contributed by atoms with Crippen LogP contribution in [0, 0.1) is 0 Å². The lowest BCUT2D eigenvalue weighted by Gasteiger charge is -2.08. The fraction of sp³-hybridized carbons (Fsp3) is 0.455. The van der Waals surface area contributed by atoms with Gasteiger partial charge in [0.05, 0.1) is 13.2 Å². The molecule has 0 amide bonds. The molecular formula is C11H18ClNO2. The Hall–Kier alpha value is -0.610. The van der Waals surface area contributed by atoms with Crippen LogP contribution in [-0.4, -0.2) is 24.4 Å². The Balaban J connectivity index is 0.00000196. The molecular weight excluding hydrogens is 214 g/mol. The highest BCUT2D eigenvalue weighted by molar-refractivity contribution is 5.85. The van der Waals surface area contributed by atoms with E-state index in [9.17, 15) is 0 Å². The Kier molecular flexibility index (Phi) is 8.33. The third-order valence-electron chi connectivity index (χ3n) is 1.98. The van der Waals surface area contributed by atoms with Gasteiger partial charge in [-0.15, -0.1) is 12.4 Å². The molecule has 0 aromatic heterocycles. The van der Waals surface area contributed by atoms with E-state index >= 15 is 0 Å². The van der Waals surface area contributed by atoms with Crippen molar-refractivity contribution in [2.75, 3.05) is 13.2 Å². The summed E-state index contributed by atoms with van der Waals surface area (Å²) < 4.78 is 5.40. The van der Waals surface area contributed by atoms with E-state index in [2.05, 4.69) is 0 Å². The van der Waals surface area contributed by atoms with Gasteiger partial charge in [-0.25, -0.2) is 0 Å². The van der Waals surface area contributed by atoms with Crippen LogP contribution < -0.4 is 5.73 Å². The number of rotatable bonds is 6. The molecule has 0 aliphatic carbocycles. The largest absolute Gasteiger partial charge is 0.395 e. The molecule has 1 atom stereocenters. The Morgan fingerprint density at radius 2 is 1.93 bits per heavy atom. The monoisotopic (exact) mass is 231 g/mol. The molecule has 15 heavy (non-hydrogen) atoms. The van der Waals surface area contributed by atoms with Crippen molar-refractivity contribution in [3.8, 4) is 0 Å². The summed E-state index contributed by atoms with van der Waals surface area (Å²) in [5.74, 6) is 0. The predicted octanol–water partition coefficient (Wildman–Crippen LogP) is 1.33. The van der Waals surface area contributed by atoms with Gasteiger partial charge in [-0.2, -0.15) is 0 Å². The first-order chi connectivity index (χ1) is 6.83. The van der Waals surface area contributed by atoms with Crippen LogP contribution in [0.3, 0.4) is 0 Å². The van der Waals surface area contributed by atoms with Crippen molar-refractivity contribution in [2.24, 2.45) is 5.73 Å². The van der Waals surface area contributed by atoms with Crippen LogP contribution in [0.1, 0.15) is 12.0 Å². The number of aliphatic hydroxyl groups is 1. The van der Waals surface area contributed by atoms with Crippen LogP contribution in [0.2, 0.25) is 0 Å². The lowest BCUT2D eigenvalue weighted by molar-refractivity contribution is 0.107. The summed E-state index contributed by atoms with van der Waals surface area (Å²) in [4.78, 5) is 0. The number of aliphatic hydroxyl groups excluding tert-OH is 1. The first-order valence-corrected chi connectivity index (χ1v) is 4.81. The number of hydrogen-bond acceptors (Lipinski definition) is 3.